The summed E-state index contributed by atoms with van der Waals surface area (Å²) in [5.41, 5.74) is 3.45. The molecule has 0 aromatic heterocycles. The number of primary amides is 1. The zero-order chi connectivity index (χ0) is 12.1. The third-order valence-corrected chi connectivity index (χ3v) is 1.99. The molecule has 0 fully saturated rings. The smallest absolute Gasteiger partial charge is 0.318 e. The van der Waals surface area contributed by atoms with Crippen LogP contribution in [0.5, 0.6) is 0 Å². The van der Waals surface area contributed by atoms with Crippen LogP contribution in [0.3, 0.4) is 0 Å². The number of amides is 2. The number of carboxylic acid groups (broad SMARTS) is 1. The molecule has 0 atom stereocenters. The molecule has 2 amide bonds. The van der Waals surface area contributed by atoms with E-state index in [9.17, 15) is 14.4 Å². The van der Waals surface area contributed by atoms with Crippen LogP contribution in [0.1, 0.15) is 26.7 Å². The van der Waals surface area contributed by atoms with E-state index in [-0.39, 0.29) is 13.0 Å². The first-order valence-corrected chi connectivity index (χ1v) is 4.58. The molecule has 0 spiro atoms. The Hall–Kier alpha value is -1.59. The summed E-state index contributed by atoms with van der Waals surface area (Å²) >= 11 is 0. The van der Waals surface area contributed by atoms with Gasteiger partial charge in [-0.15, -0.1) is 0 Å². The average Bonchev–Trinajstić information content (AvgIpc) is 2.11. The zero-order valence-corrected chi connectivity index (χ0v) is 8.87. The number of carboxylic acids is 1. The maximum Gasteiger partial charge on any atom is 0.318 e. The van der Waals surface area contributed by atoms with Crippen molar-refractivity contribution in [3.8, 4) is 0 Å². The topological polar surface area (TPSA) is 109 Å². The fourth-order valence-electron chi connectivity index (χ4n) is 0.783. The molecular weight excluding hydrogens is 200 g/mol. The zero-order valence-electron chi connectivity index (χ0n) is 8.87. The molecule has 0 radical (unpaired) electrons. The number of carbonyl (C=O) groups is 3. The highest BCUT2D eigenvalue weighted by atomic mass is 16.4. The summed E-state index contributed by atoms with van der Waals surface area (Å²) in [6.07, 6.45) is 0.588. The van der Waals surface area contributed by atoms with Gasteiger partial charge in [0.05, 0.1) is 0 Å². The van der Waals surface area contributed by atoms with Crippen LogP contribution in [0.4, 0.5) is 0 Å². The SMILES string of the molecule is CC(C)(C(=O)O)C(=O)NCCCC(N)=O. The Morgan fingerprint density at radius 1 is 1.33 bits per heavy atom. The van der Waals surface area contributed by atoms with Crippen molar-refractivity contribution in [2.45, 2.75) is 26.7 Å². The van der Waals surface area contributed by atoms with E-state index in [1.165, 1.54) is 13.8 Å². The van der Waals surface area contributed by atoms with E-state index in [1.54, 1.807) is 0 Å². The van der Waals surface area contributed by atoms with Crippen molar-refractivity contribution < 1.29 is 19.5 Å². The van der Waals surface area contributed by atoms with Crippen LogP contribution >= 0.6 is 0 Å². The number of carbonyl (C=O) groups excluding carboxylic acids is 2. The van der Waals surface area contributed by atoms with Crippen LogP contribution in [0.2, 0.25) is 0 Å². The second-order valence-electron chi connectivity index (χ2n) is 3.76. The number of aliphatic carboxylic acids is 1. The van der Waals surface area contributed by atoms with Crippen molar-refractivity contribution in [3.05, 3.63) is 0 Å². The van der Waals surface area contributed by atoms with Gasteiger partial charge in [0.15, 0.2) is 0 Å². The molecule has 0 unspecified atom stereocenters. The minimum Gasteiger partial charge on any atom is -0.480 e. The largest absolute Gasteiger partial charge is 0.480 e. The first-order valence-electron chi connectivity index (χ1n) is 4.58. The van der Waals surface area contributed by atoms with Gasteiger partial charge in [-0.25, -0.2) is 0 Å². The van der Waals surface area contributed by atoms with E-state index in [1.807, 2.05) is 0 Å². The van der Waals surface area contributed by atoms with E-state index < -0.39 is 23.2 Å². The van der Waals surface area contributed by atoms with Gasteiger partial charge in [0.25, 0.3) is 0 Å². The van der Waals surface area contributed by atoms with Gasteiger partial charge < -0.3 is 16.2 Å². The standard InChI is InChI=1S/C9H16N2O4/c1-9(2,8(14)15)7(13)11-5-3-4-6(10)12/h3-5H2,1-2H3,(H2,10,12)(H,11,13)(H,14,15). The van der Waals surface area contributed by atoms with Gasteiger partial charge in [-0.05, 0) is 20.3 Å². The molecule has 4 N–H and O–H groups in total. The van der Waals surface area contributed by atoms with Crippen molar-refractivity contribution in [2.75, 3.05) is 6.54 Å². The molecule has 0 aromatic carbocycles. The lowest BCUT2D eigenvalue weighted by molar-refractivity contribution is -0.153. The van der Waals surface area contributed by atoms with Gasteiger partial charge in [-0.1, -0.05) is 0 Å². The summed E-state index contributed by atoms with van der Waals surface area (Å²) in [5, 5.41) is 11.2. The second kappa shape index (κ2) is 5.33. The Bertz CT molecular complexity index is 273. The first-order chi connectivity index (χ1) is 6.78. The fraction of sp³-hybridized carbons (Fsp3) is 0.667. The summed E-state index contributed by atoms with van der Waals surface area (Å²) < 4.78 is 0. The molecule has 0 aliphatic carbocycles. The highest BCUT2D eigenvalue weighted by molar-refractivity contribution is 6.00. The number of nitrogens with one attached hydrogen (secondary N) is 1. The van der Waals surface area contributed by atoms with Crippen molar-refractivity contribution >= 4 is 17.8 Å². The fourth-order valence-corrected chi connectivity index (χ4v) is 0.783. The predicted molar refractivity (Wildman–Crippen MR) is 52.9 cm³/mol. The van der Waals surface area contributed by atoms with E-state index in [2.05, 4.69) is 5.32 Å². The molecule has 0 saturated heterocycles. The van der Waals surface area contributed by atoms with Crippen LogP contribution in [0.15, 0.2) is 0 Å². The maximum absolute atomic E-state index is 11.3. The van der Waals surface area contributed by atoms with E-state index in [0.717, 1.165) is 0 Å². The average molecular weight is 216 g/mol. The Morgan fingerprint density at radius 2 is 1.87 bits per heavy atom. The predicted octanol–water partition coefficient (Wildman–Crippen LogP) is -0.521. The molecule has 86 valence electrons. The van der Waals surface area contributed by atoms with Gasteiger partial charge in [0.1, 0.15) is 5.41 Å². The summed E-state index contributed by atoms with van der Waals surface area (Å²) in [5.74, 6) is -2.20. The minimum absolute atomic E-state index is 0.174. The van der Waals surface area contributed by atoms with Crippen LogP contribution in [-0.2, 0) is 14.4 Å². The Morgan fingerprint density at radius 3 is 2.27 bits per heavy atom. The Kier molecular flexibility index (Phi) is 4.77. The van der Waals surface area contributed by atoms with Crippen molar-refractivity contribution in [2.24, 2.45) is 11.1 Å². The van der Waals surface area contributed by atoms with Crippen LogP contribution in [0, 0.1) is 5.41 Å². The van der Waals surface area contributed by atoms with Gasteiger partial charge in [-0.3, -0.25) is 14.4 Å². The summed E-state index contributed by atoms with van der Waals surface area (Å²) in [7, 11) is 0. The molecule has 0 heterocycles. The molecular formula is C9H16N2O4. The Balaban J connectivity index is 3.94. The van der Waals surface area contributed by atoms with Crippen molar-refractivity contribution in [3.63, 3.8) is 0 Å². The quantitative estimate of drug-likeness (QED) is 0.410. The van der Waals surface area contributed by atoms with E-state index in [0.29, 0.717) is 6.42 Å². The molecule has 0 aliphatic heterocycles. The Labute approximate surface area is 87.8 Å². The molecule has 0 bridgehead atoms. The summed E-state index contributed by atoms with van der Waals surface area (Å²) in [6, 6.07) is 0. The van der Waals surface area contributed by atoms with Crippen molar-refractivity contribution in [1.29, 1.82) is 0 Å². The van der Waals surface area contributed by atoms with Gasteiger partial charge in [0.2, 0.25) is 11.8 Å². The van der Waals surface area contributed by atoms with Crippen LogP contribution in [0.25, 0.3) is 0 Å². The molecule has 0 aromatic rings. The third-order valence-electron chi connectivity index (χ3n) is 1.99. The first kappa shape index (κ1) is 13.4. The van der Waals surface area contributed by atoms with Gasteiger partial charge >= 0.3 is 5.97 Å². The lowest BCUT2D eigenvalue weighted by Gasteiger charge is -2.18. The number of rotatable bonds is 6. The third kappa shape index (κ3) is 4.44. The van der Waals surface area contributed by atoms with Gasteiger partial charge in [-0.2, -0.15) is 0 Å². The summed E-state index contributed by atoms with van der Waals surface area (Å²) in [6.45, 7) is 2.88. The number of hydrogen-bond acceptors (Lipinski definition) is 3. The normalized spacial score (nSPS) is 10.8. The lowest BCUT2D eigenvalue weighted by atomic mass is 9.93. The molecule has 6 nitrogen and oxygen atoms in total. The molecule has 0 rings (SSSR count). The monoisotopic (exact) mass is 216 g/mol. The van der Waals surface area contributed by atoms with Crippen LogP contribution in [-0.4, -0.2) is 29.4 Å². The van der Waals surface area contributed by atoms with E-state index in [4.69, 9.17) is 10.8 Å². The number of hydrogen-bond donors (Lipinski definition) is 3. The van der Waals surface area contributed by atoms with Crippen molar-refractivity contribution in [1.82, 2.24) is 5.32 Å². The molecule has 0 aliphatic rings. The highest BCUT2D eigenvalue weighted by Crippen LogP contribution is 2.14. The van der Waals surface area contributed by atoms with E-state index >= 15 is 0 Å². The second-order valence-corrected chi connectivity index (χ2v) is 3.76. The van der Waals surface area contributed by atoms with Gasteiger partial charge in [0, 0.05) is 13.0 Å². The molecule has 0 saturated carbocycles. The molecule has 6 heteroatoms. The number of nitrogens with two attached hydrogens (primary N) is 1. The highest BCUT2D eigenvalue weighted by Gasteiger charge is 2.35. The maximum atomic E-state index is 11.3. The van der Waals surface area contributed by atoms with Crippen LogP contribution < -0.4 is 11.1 Å². The molecule has 15 heavy (non-hydrogen) atoms. The summed E-state index contributed by atoms with van der Waals surface area (Å²) in [4.78, 5) is 32.4. The lowest BCUT2D eigenvalue weighted by Crippen LogP contribution is -2.42. The minimum atomic E-state index is -1.45.